The number of hydrogen-bond donors (Lipinski definition) is 1. The third-order valence-corrected chi connectivity index (χ3v) is 4.14. The highest BCUT2D eigenvalue weighted by Gasteiger charge is 2.13. The van der Waals surface area contributed by atoms with Crippen molar-refractivity contribution < 1.29 is 18.7 Å². The number of carbonyl (C=O) groups excluding carboxylic acids is 2. The normalized spacial score (nSPS) is 10.7. The first-order chi connectivity index (χ1) is 12.9. The predicted molar refractivity (Wildman–Crippen MR) is 101 cm³/mol. The van der Waals surface area contributed by atoms with Gasteiger partial charge in [-0.3, -0.25) is 14.2 Å². The second-order valence-electron chi connectivity index (χ2n) is 6.26. The van der Waals surface area contributed by atoms with E-state index in [0.717, 1.165) is 11.1 Å². The Bertz CT molecular complexity index is 1050. The Morgan fingerprint density at radius 3 is 2.74 bits per heavy atom. The summed E-state index contributed by atoms with van der Waals surface area (Å²) >= 11 is 0. The number of benzene rings is 2. The number of carbonyl (C=O) groups is 2. The number of aromatic nitrogens is 1. The zero-order valence-corrected chi connectivity index (χ0v) is 15.2. The third-order valence-electron chi connectivity index (χ3n) is 4.14. The summed E-state index contributed by atoms with van der Waals surface area (Å²) in [6.07, 6.45) is -0.0415. The SMILES string of the molecule is Cc1ccc(C)c(NC(=O)COC(=O)CCn2c(=O)oc3ccccc32)c1. The lowest BCUT2D eigenvalue weighted by molar-refractivity contribution is -0.147. The maximum Gasteiger partial charge on any atom is 0.419 e. The summed E-state index contributed by atoms with van der Waals surface area (Å²) in [6, 6.07) is 12.7. The van der Waals surface area contributed by atoms with Crippen LogP contribution in [0.5, 0.6) is 0 Å². The van der Waals surface area contributed by atoms with Gasteiger partial charge in [0, 0.05) is 12.2 Å². The zero-order valence-electron chi connectivity index (χ0n) is 15.2. The number of amides is 1. The van der Waals surface area contributed by atoms with Crippen LogP contribution < -0.4 is 11.1 Å². The molecule has 2 aromatic carbocycles. The average molecular weight is 368 g/mol. The Morgan fingerprint density at radius 2 is 1.93 bits per heavy atom. The van der Waals surface area contributed by atoms with Gasteiger partial charge in [-0.1, -0.05) is 24.3 Å². The van der Waals surface area contributed by atoms with Crippen LogP contribution in [0.1, 0.15) is 17.5 Å². The van der Waals surface area contributed by atoms with Gasteiger partial charge in [-0.25, -0.2) is 4.79 Å². The lowest BCUT2D eigenvalue weighted by Gasteiger charge is -2.10. The summed E-state index contributed by atoms with van der Waals surface area (Å²) < 4.78 is 11.5. The number of hydrogen-bond acceptors (Lipinski definition) is 5. The molecule has 3 rings (SSSR count). The molecule has 0 saturated heterocycles. The molecule has 7 nitrogen and oxygen atoms in total. The van der Waals surface area contributed by atoms with E-state index in [1.54, 1.807) is 24.3 Å². The number of para-hydroxylation sites is 2. The summed E-state index contributed by atoms with van der Waals surface area (Å²) in [5.41, 5.74) is 3.70. The quantitative estimate of drug-likeness (QED) is 0.676. The average Bonchev–Trinajstić information content (AvgIpc) is 2.96. The first kappa shape index (κ1) is 18.4. The summed E-state index contributed by atoms with van der Waals surface area (Å²) in [6.45, 7) is 3.55. The topological polar surface area (TPSA) is 90.5 Å². The summed E-state index contributed by atoms with van der Waals surface area (Å²) in [5, 5.41) is 2.72. The van der Waals surface area contributed by atoms with Gasteiger partial charge in [-0.15, -0.1) is 0 Å². The van der Waals surface area contributed by atoms with E-state index in [0.29, 0.717) is 16.8 Å². The molecular weight excluding hydrogens is 348 g/mol. The van der Waals surface area contributed by atoms with E-state index in [1.807, 2.05) is 32.0 Å². The van der Waals surface area contributed by atoms with Gasteiger partial charge in [0.2, 0.25) is 0 Å². The van der Waals surface area contributed by atoms with Gasteiger partial charge in [0.05, 0.1) is 11.9 Å². The van der Waals surface area contributed by atoms with E-state index in [-0.39, 0.29) is 19.6 Å². The van der Waals surface area contributed by atoms with E-state index >= 15 is 0 Å². The van der Waals surface area contributed by atoms with Crippen molar-refractivity contribution in [3.05, 3.63) is 64.1 Å². The van der Waals surface area contributed by atoms with Gasteiger partial charge < -0.3 is 14.5 Å². The molecule has 1 heterocycles. The van der Waals surface area contributed by atoms with Crippen molar-refractivity contribution in [1.29, 1.82) is 0 Å². The van der Waals surface area contributed by atoms with Crippen molar-refractivity contribution in [2.75, 3.05) is 11.9 Å². The van der Waals surface area contributed by atoms with Crippen LogP contribution in [0.25, 0.3) is 11.1 Å². The molecule has 0 atom stereocenters. The number of esters is 1. The van der Waals surface area contributed by atoms with Crippen LogP contribution in [0.2, 0.25) is 0 Å². The molecule has 0 aliphatic rings. The standard InChI is InChI=1S/C20H20N2O5/c1-13-7-8-14(2)15(11-13)21-18(23)12-26-19(24)9-10-22-16-5-3-4-6-17(16)27-20(22)25/h3-8,11H,9-10,12H2,1-2H3,(H,21,23). The first-order valence-corrected chi connectivity index (χ1v) is 8.55. The van der Waals surface area contributed by atoms with Crippen LogP contribution in [-0.4, -0.2) is 23.1 Å². The molecule has 1 aromatic heterocycles. The Morgan fingerprint density at radius 1 is 1.15 bits per heavy atom. The molecule has 140 valence electrons. The highest BCUT2D eigenvalue weighted by Crippen LogP contribution is 2.16. The Hall–Kier alpha value is -3.35. The fourth-order valence-electron chi connectivity index (χ4n) is 2.70. The molecule has 0 radical (unpaired) electrons. The molecule has 0 fully saturated rings. The summed E-state index contributed by atoms with van der Waals surface area (Å²) in [7, 11) is 0. The highest BCUT2D eigenvalue weighted by atomic mass is 16.5. The number of nitrogens with one attached hydrogen (secondary N) is 1. The number of ether oxygens (including phenoxy) is 1. The first-order valence-electron chi connectivity index (χ1n) is 8.55. The van der Waals surface area contributed by atoms with Gasteiger partial charge in [0.1, 0.15) is 0 Å². The summed E-state index contributed by atoms with van der Waals surface area (Å²) in [4.78, 5) is 35.8. The number of anilines is 1. The van der Waals surface area contributed by atoms with Crippen LogP contribution in [0.15, 0.2) is 51.7 Å². The monoisotopic (exact) mass is 368 g/mol. The predicted octanol–water partition coefficient (Wildman–Crippen LogP) is 2.78. The molecule has 1 amide bonds. The van der Waals surface area contributed by atoms with Crippen LogP contribution in [0.4, 0.5) is 5.69 Å². The van der Waals surface area contributed by atoms with E-state index in [2.05, 4.69) is 5.32 Å². The molecule has 7 heteroatoms. The van der Waals surface area contributed by atoms with Gasteiger partial charge in [-0.2, -0.15) is 0 Å². The van der Waals surface area contributed by atoms with Gasteiger partial charge in [0.15, 0.2) is 12.2 Å². The molecule has 0 bridgehead atoms. The second kappa shape index (κ2) is 7.90. The number of aryl methyl sites for hydroxylation is 3. The van der Waals surface area contributed by atoms with Crippen LogP contribution in [0, 0.1) is 13.8 Å². The molecular formula is C20H20N2O5. The van der Waals surface area contributed by atoms with E-state index in [9.17, 15) is 14.4 Å². The zero-order chi connectivity index (χ0) is 19.4. The van der Waals surface area contributed by atoms with Crippen LogP contribution in [0.3, 0.4) is 0 Å². The van der Waals surface area contributed by atoms with Crippen LogP contribution in [-0.2, 0) is 20.9 Å². The van der Waals surface area contributed by atoms with Crippen molar-refractivity contribution >= 4 is 28.7 Å². The summed E-state index contributed by atoms with van der Waals surface area (Å²) in [5.74, 6) is -1.51. The lowest BCUT2D eigenvalue weighted by atomic mass is 10.1. The van der Waals surface area contributed by atoms with Crippen LogP contribution >= 0.6 is 0 Å². The number of oxazole rings is 1. The molecule has 0 aliphatic carbocycles. The Balaban J connectivity index is 1.52. The van der Waals surface area contributed by atoms with Gasteiger partial charge >= 0.3 is 11.7 Å². The minimum atomic E-state index is -0.566. The Kier molecular flexibility index (Phi) is 5.40. The minimum absolute atomic E-state index is 0.0415. The van der Waals surface area contributed by atoms with E-state index in [4.69, 9.17) is 9.15 Å². The maximum atomic E-state index is 12.0. The van der Waals surface area contributed by atoms with E-state index < -0.39 is 17.6 Å². The fraction of sp³-hybridized carbons (Fsp3) is 0.250. The van der Waals surface area contributed by atoms with Crippen molar-refractivity contribution in [1.82, 2.24) is 4.57 Å². The number of rotatable bonds is 6. The molecule has 0 saturated carbocycles. The smallest absolute Gasteiger partial charge is 0.419 e. The molecule has 0 unspecified atom stereocenters. The minimum Gasteiger partial charge on any atom is -0.456 e. The van der Waals surface area contributed by atoms with E-state index in [1.165, 1.54) is 4.57 Å². The maximum absolute atomic E-state index is 12.0. The highest BCUT2D eigenvalue weighted by molar-refractivity contribution is 5.93. The largest absolute Gasteiger partial charge is 0.456 e. The third kappa shape index (κ3) is 4.44. The fourth-order valence-corrected chi connectivity index (χ4v) is 2.70. The lowest BCUT2D eigenvalue weighted by Crippen LogP contribution is -2.23. The molecule has 3 aromatic rings. The Labute approximate surface area is 155 Å². The van der Waals surface area contributed by atoms with Gasteiger partial charge in [0.25, 0.3) is 5.91 Å². The second-order valence-corrected chi connectivity index (χ2v) is 6.26. The van der Waals surface area contributed by atoms with Crippen molar-refractivity contribution in [3.8, 4) is 0 Å². The molecule has 27 heavy (non-hydrogen) atoms. The number of nitrogens with zero attached hydrogens (tertiary/aromatic N) is 1. The van der Waals surface area contributed by atoms with Crippen molar-refractivity contribution in [2.45, 2.75) is 26.8 Å². The molecule has 1 N–H and O–H groups in total. The van der Waals surface area contributed by atoms with Gasteiger partial charge in [-0.05, 0) is 43.2 Å². The molecule has 0 aliphatic heterocycles. The van der Waals surface area contributed by atoms with Crippen molar-refractivity contribution in [3.63, 3.8) is 0 Å². The molecule has 0 spiro atoms. The van der Waals surface area contributed by atoms with Crippen molar-refractivity contribution in [2.24, 2.45) is 0 Å². The number of fused-ring (bicyclic) bond motifs is 1.